The van der Waals surface area contributed by atoms with Crippen LogP contribution in [0.2, 0.25) is 0 Å². The quantitative estimate of drug-likeness (QED) is 0.536. The van der Waals surface area contributed by atoms with E-state index >= 15 is 0 Å². The number of hydrogen-bond donors (Lipinski definition) is 3. The van der Waals surface area contributed by atoms with Crippen molar-refractivity contribution in [1.29, 1.82) is 0 Å². The number of piperidine rings is 1. The van der Waals surface area contributed by atoms with Crippen molar-refractivity contribution in [2.75, 3.05) is 41.3 Å². The number of aliphatic hydroxyl groups is 2. The number of aromatic nitrogens is 4. The van der Waals surface area contributed by atoms with E-state index in [1.807, 2.05) is 12.3 Å². The van der Waals surface area contributed by atoms with Crippen molar-refractivity contribution in [3.05, 3.63) is 36.3 Å². The second kappa shape index (κ2) is 8.68. The lowest BCUT2D eigenvalue weighted by molar-refractivity contribution is 0.0612. The van der Waals surface area contributed by atoms with Gasteiger partial charge in [-0.15, -0.1) is 0 Å². The predicted molar refractivity (Wildman–Crippen MR) is 125 cm³/mol. The molecule has 2 aliphatic rings. The van der Waals surface area contributed by atoms with E-state index in [0.29, 0.717) is 43.6 Å². The molecular formula is C23H28FN7O2. The zero-order valence-electron chi connectivity index (χ0n) is 18.7. The largest absolute Gasteiger partial charge is 0.390 e. The van der Waals surface area contributed by atoms with Gasteiger partial charge >= 0.3 is 0 Å². The van der Waals surface area contributed by atoms with Crippen LogP contribution in [-0.2, 0) is 0 Å². The molecule has 0 aliphatic carbocycles. The molecular weight excluding hydrogens is 425 g/mol. The maximum absolute atomic E-state index is 14.0. The van der Waals surface area contributed by atoms with Gasteiger partial charge < -0.3 is 25.3 Å². The third-order valence-corrected chi connectivity index (χ3v) is 6.25. The van der Waals surface area contributed by atoms with Crippen molar-refractivity contribution < 1.29 is 14.6 Å². The summed E-state index contributed by atoms with van der Waals surface area (Å²) in [5.41, 5.74) is 1.12. The SMILES string of the molecule is CC(C)c1cnc(N2CC(O)C2)c2cnc(Nc3ccnc(N4CCC(O)[C@H](F)C4)n3)cc12. The number of alkyl halides is 1. The smallest absolute Gasteiger partial charge is 0.227 e. The third-order valence-electron chi connectivity index (χ3n) is 6.25. The fraction of sp³-hybridized carbons (Fsp3) is 0.478. The first-order valence-electron chi connectivity index (χ1n) is 11.3. The first-order chi connectivity index (χ1) is 15.9. The summed E-state index contributed by atoms with van der Waals surface area (Å²) < 4.78 is 14.0. The van der Waals surface area contributed by atoms with E-state index in [1.54, 1.807) is 23.4 Å². The van der Waals surface area contributed by atoms with Gasteiger partial charge in [0.2, 0.25) is 5.95 Å². The van der Waals surface area contributed by atoms with Gasteiger partial charge in [-0.1, -0.05) is 13.8 Å². The van der Waals surface area contributed by atoms with Crippen LogP contribution in [0.4, 0.5) is 27.8 Å². The Morgan fingerprint density at radius 3 is 2.58 bits per heavy atom. The number of pyridine rings is 2. The van der Waals surface area contributed by atoms with Crippen molar-refractivity contribution in [2.24, 2.45) is 0 Å². The number of nitrogens with zero attached hydrogens (tertiary/aromatic N) is 6. The molecule has 0 aromatic carbocycles. The standard InChI is InChI=1S/C23H28FN7O2/c1-13(2)16-8-27-22(31-10-14(32)11-31)17-9-26-21(7-15(16)17)28-20-3-5-25-23(29-20)30-6-4-19(33)18(24)12-30/h3,5,7-9,13-14,18-19,32-33H,4,6,10-12H2,1-2H3,(H,25,26,28,29)/t18-,19?/m1/s1. The minimum Gasteiger partial charge on any atom is -0.390 e. The summed E-state index contributed by atoms with van der Waals surface area (Å²) in [4.78, 5) is 21.8. The topological polar surface area (TPSA) is 111 Å². The van der Waals surface area contributed by atoms with Crippen LogP contribution in [0.3, 0.4) is 0 Å². The van der Waals surface area contributed by atoms with E-state index < -0.39 is 12.3 Å². The molecule has 33 heavy (non-hydrogen) atoms. The molecule has 174 valence electrons. The second-order valence-corrected chi connectivity index (χ2v) is 9.05. The van der Waals surface area contributed by atoms with E-state index in [1.165, 1.54) is 0 Å². The van der Waals surface area contributed by atoms with Crippen LogP contribution >= 0.6 is 0 Å². The molecule has 2 fully saturated rings. The Kier molecular flexibility index (Phi) is 5.71. The molecule has 0 bridgehead atoms. The Morgan fingerprint density at radius 1 is 1.03 bits per heavy atom. The zero-order valence-corrected chi connectivity index (χ0v) is 18.7. The van der Waals surface area contributed by atoms with Gasteiger partial charge in [0.05, 0.1) is 18.8 Å². The highest BCUT2D eigenvalue weighted by Gasteiger charge is 2.29. The average molecular weight is 454 g/mol. The van der Waals surface area contributed by atoms with Crippen LogP contribution < -0.4 is 15.1 Å². The summed E-state index contributed by atoms with van der Waals surface area (Å²) in [6.07, 6.45) is 3.11. The Bertz CT molecular complexity index is 1150. The van der Waals surface area contributed by atoms with Crippen LogP contribution in [0.5, 0.6) is 0 Å². The van der Waals surface area contributed by atoms with Crippen LogP contribution in [-0.4, -0.2) is 74.7 Å². The van der Waals surface area contributed by atoms with Crippen LogP contribution in [0.15, 0.2) is 30.7 Å². The normalized spacial score (nSPS) is 21.5. The highest BCUT2D eigenvalue weighted by atomic mass is 19.1. The van der Waals surface area contributed by atoms with E-state index in [4.69, 9.17) is 0 Å². The minimum atomic E-state index is -1.31. The molecule has 0 saturated carbocycles. The number of anilines is 4. The number of rotatable bonds is 5. The van der Waals surface area contributed by atoms with Gasteiger partial charge in [-0.2, -0.15) is 4.98 Å². The number of β-amino-alcohol motifs (C(OH)–C–C–N with tert-alkyl or cyclic N) is 1. The molecule has 0 spiro atoms. The lowest BCUT2D eigenvalue weighted by atomic mass is 9.98. The number of aliphatic hydroxyl groups excluding tert-OH is 2. The van der Waals surface area contributed by atoms with Gasteiger partial charge in [0.1, 0.15) is 23.6 Å². The Hall–Kier alpha value is -3.11. The minimum absolute atomic E-state index is 0.0670. The van der Waals surface area contributed by atoms with Gasteiger partial charge in [0.25, 0.3) is 0 Å². The summed E-state index contributed by atoms with van der Waals surface area (Å²) >= 11 is 0. The van der Waals surface area contributed by atoms with Gasteiger partial charge in [-0.05, 0) is 35.4 Å². The lowest BCUT2D eigenvalue weighted by Gasteiger charge is -2.37. The molecule has 2 aliphatic heterocycles. The number of fused-ring (bicyclic) bond motifs is 1. The Labute approximate surface area is 191 Å². The highest BCUT2D eigenvalue weighted by Crippen LogP contribution is 2.34. The van der Waals surface area contributed by atoms with Crippen molar-refractivity contribution in [3.63, 3.8) is 0 Å². The first-order valence-corrected chi connectivity index (χ1v) is 11.3. The molecule has 0 amide bonds. The Morgan fingerprint density at radius 2 is 1.85 bits per heavy atom. The Balaban J connectivity index is 1.43. The maximum Gasteiger partial charge on any atom is 0.227 e. The average Bonchev–Trinajstić information content (AvgIpc) is 2.78. The van der Waals surface area contributed by atoms with Gasteiger partial charge in [0, 0.05) is 43.6 Å². The van der Waals surface area contributed by atoms with Crippen LogP contribution in [0.1, 0.15) is 31.7 Å². The summed E-state index contributed by atoms with van der Waals surface area (Å²) in [5, 5.41) is 24.6. The predicted octanol–water partition coefficient (Wildman–Crippen LogP) is 2.38. The van der Waals surface area contributed by atoms with Crippen molar-refractivity contribution >= 4 is 34.2 Å². The molecule has 2 atom stereocenters. The molecule has 9 nitrogen and oxygen atoms in total. The van der Waals surface area contributed by atoms with Crippen molar-refractivity contribution in [3.8, 4) is 0 Å². The molecule has 0 radical (unpaired) electrons. The van der Waals surface area contributed by atoms with Crippen molar-refractivity contribution in [1.82, 2.24) is 19.9 Å². The molecule has 3 N–H and O–H groups in total. The van der Waals surface area contributed by atoms with E-state index in [0.717, 1.165) is 22.2 Å². The summed E-state index contributed by atoms with van der Waals surface area (Å²) in [6.45, 7) is 5.96. The summed E-state index contributed by atoms with van der Waals surface area (Å²) in [6, 6.07) is 3.73. The van der Waals surface area contributed by atoms with E-state index in [9.17, 15) is 14.6 Å². The van der Waals surface area contributed by atoms with E-state index in [-0.39, 0.29) is 18.6 Å². The molecule has 10 heteroatoms. The lowest BCUT2D eigenvalue weighted by Crippen LogP contribution is -2.51. The van der Waals surface area contributed by atoms with Crippen LogP contribution in [0, 0.1) is 0 Å². The third kappa shape index (κ3) is 4.28. The molecule has 3 aromatic heterocycles. The van der Waals surface area contributed by atoms with E-state index in [2.05, 4.69) is 44.0 Å². The maximum atomic E-state index is 14.0. The fourth-order valence-corrected chi connectivity index (χ4v) is 4.33. The fourth-order valence-electron chi connectivity index (χ4n) is 4.33. The van der Waals surface area contributed by atoms with Gasteiger partial charge in [-0.3, -0.25) is 0 Å². The van der Waals surface area contributed by atoms with Crippen molar-refractivity contribution in [2.45, 2.75) is 44.6 Å². The highest BCUT2D eigenvalue weighted by molar-refractivity contribution is 5.96. The first kappa shape index (κ1) is 21.7. The van der Waals surface area contributed by atoms with Gasteiger partial charge in [0.15, 0.2) is 0 Å². The summed E-state index contributed by atoms with van der Waals surface area (Å²) in [7, 11) is 0. The monoisotopic (exact) mass is 453 g/mol. The molecule has 2 saturated heterocycles. The summed E-state index contributed by atoms with van der Waals surface area (Å²) in [5.74, 6) is 2.71. The molecule has 5 rings (SSSR count). The number of nitrogens with one attached hydrogen (secondary N) is 1. The molecule has 5 heterocycles. The van der Waals surface area contributed by atoms with Gasteiger partial charge in [-0.25, -0.2) is 19.3 Å². The van der Waals surface area contributed by atoms with Crippen LogP contribution in [0.25, 0.3) is 10.8 Å². The second-order valence-electron chi connectivity index (χ2n) is 9.05. The number of hydrogen-bond acceptors (Lipinski definition) is 9. The molecule has 3 aromatic rings. The molecule has 1 unspecified atom stereocenters. The zero-order chi connectivity index (χ0) is 23.1. The number of halogens is 1.